The van der Waals surface area contributed by atoms with E-state index in [4.69, 9.17) is 4.74 Å². The third kappa shape index (κ3) is 3.14. The fraction of sp³-hybridized carbons (Fsp3) is 0.706. The van der Waals surface area contributed by atoms with Crippen molar-refractivity contribution in [2.24, 2.45) is 0 Å². The van der Waals surface area contributed by atoms with Crippen LogP contribution in [-0.2, 0) is 6.42 Å². The highest BCUT2D eigenvalue weighted by Crippen LogP contribution is 2.30. The van der Waals surface area contributed by atoms with Gasteiger partial charge in [-0.05, 0) is 39.7 Å². The average molecular weight is 276 g/mol. The molecule has 0 saturated carbocycles. The van der Waals surface area contributed by atoms with E-state index in [0.717, 1.165) is 30.7 Å². The number of pyridine rings is 1. The Morgan fingerprint density at radius 2 is 2.10 bits per heavy atom. The number of hydrogen-bond donors (Lipinski definition) is 1. The number of ether oxygens (including phenoxy) is 1. The van der Waals surface area contributed by atoms with Gasteiger partial charge >= 0.3 is 0 Å². The summed E-state index contributed by atoms with van der Waals surface area (Å²) >= 11 is 0. The molecule has 1 fully saturated rings. The van der Waals surface area contributed by atoms with Gasteiger partial charge in [0, 0.05) is 35.0 Å². The highest BCUT2D eigenvalue weighted by molar-refractivity contribution is 5.41. The maximum Gasteiger partial charge on any atom is 0.128 e. The molecule has 2 heterocycles. The van der Waals surface area contributed by atoms with Gasteiger partial charge in [-0.25, -0.2) is 0 Å². The second-order valence-corrected chi connectivity index (χ2v) is 6.09. The maximum atomic E-state index is 5.54. The molecule has 1 aliphatic rings. The molecule has 1 aromatic rings. The van der Waals surface area contributed by atoms with Gasteiger partial charge in [-0.1, -0.05) is 19.8 Å². The summed E-state index contributed by atoms with van der Waals surface area (Å²) in [5, 5.41) is 3.79. The van der Waals surface area contributed by atoms with E-state index in [9.17, 15) is 0 Å². The molecule has 0 aliphatic carbocycles. The smallest absolute Gasteiger partial charge is 0.128 e. The van der Waals surface area contributed by atoms with Gasteiger partial charge in [0.25, 0.3) is 0 Å². The van der Waals surface area contributed by atoms with E-state index in [1.807, 2.05) is 6.20 Å². The van der Waals surface area contributed by atoms with E-state index in [-0.39, 0.29) is 5.54 Å². The molecule has 3 nitrogen and oxygen atoms in total. The van der Waals surface area contributed by atoms with Gasteiger partial charge in [0.1, 0.15) is 5.75 Å². The van der Waals surface area contributed by atoms with Crippen LogP contribution < -0.4 is 10.1 Å². The molecule has 0 spiro atoms. The number of nitrogens with one attached hydrogen (secondary N) is 1. The molecule has 0 aromatic carbocycles. The second kappa shape index (κ2) is 6.57. The van der Waals surface area contributed by atoms with Gasteiger partial charge in [0.15, 0.2) is 0 Å². The minimum Gasteiger partial charge on any atom is -0.496 e. The van der Waals surface area contributed by atoms with Crippen LogP contribution in [0.4, 0.5) is 0 Å². The topological polar surface area (TPSA) is 34.1 Å². The summed E-state index contributed by atoms with van der Waals surface area (Å²) in [6, 6.07) is 0. The Morgan fingerprint density at radius 1 is 1.30 bits per heavy atom. The van der Waals surface area contributed by atoms with Crippen LogP contribution in [0.25, 0.3) is 0 Å². The minimum atomic E-state index is 0.217. The van der Waals surface area contributed by atoms with Crippen molar-refractivity contribution in [2.45, 2.75) is 64.8 Å². The molecule has 0 amide bonds. The normalized spacial score (nSPS) is 23.4. The standard InChI is InChI=1S/C17H28N2O/c1-5-17(9-7-6-8-10-19-17)11-15-14(3)16(20-4)13(2)12-18-15/h12,19H,5-11H2,1-4H3. The highest BCUT2D eigenvalue weighted by Gasteiger charge is 2.30. The van der Waals surface area contributed by atoms with Gasteiger partial charge in [-0.3, -0.25) is 4.98 Å². The fourth-order valence-corrected chi connectivity index (χ4v) is 3.35. The van der Waals surface area contributed by atoms with Crippen molar-refractivity contribution in [3.05, 3.63) is 23.0 Å². The summed E-state index contributed by atoms with van der Waals surface area (Å²) in [7, 11) is 1.75. The molecule has 1 N–H and O–H groups in total. The number of aryl methyl sites for hydroxylation is 1. The Bertz CT molecular complexity index is 449. The lowest BCUT2D eigenvalue weighted by atomic mass is 9.84. The zero-order chi connectivity index (χ0) is 14.6. The minimum absolute atomic E-state index is 0.217. The molecule has 1 unspecified atom stereocenters. The van der Waals surface area contributed by atoms with Crippen LogP contribution in [0.3, 0.4) is 0 Å². The third-order valence-corrected chi connectivity index (χ3v) is 4.76. The first-order chi connectivity index (χ1) is 9.62. The third-order valence-electron chi connectivity index (χ3n) is 4.76. The summed E-state index contributed by atoms with van der Waals surface area (Å²) in [5.74, 6) is 0.995. The molecule has 20 heavy (non-hydrogen) atoms. The van der Waals surface area contributed by atoms with Crippen molar-refractivity contribution in [3.63, 3.8) is 0 Å². The molecule has 112 valence electrons. The quantitative estimate of drug-likeness (QED) is 0.913. The molecular formula is C17H28N2O. The zero-order valence-corrected chi connectivity index (χ0v) is 13.4. The van der Waals surface area contributed by atoms with Crippen molar-refractivity contribution < 1.29 is 4.74 Å². The Balaban J connectivity index is 2.27. The van der Waals surface area contributed by atoms with Crippen molar-refractivity contribution in [2.75, 3.05) is 13.7 Å². The maximum absolute atomic E-state index is 5.54. The second-order valence-electron chi connectivity index (χ2n) is 6.09. The lowest BCUT2D eigenvalue weighted by molar-refractivity contribution is 0.298. The number of nitrogens with zero attached hydrogens (tertiary/aromatic N) is 1. The highest BCUT2D eigenvalue weighted by atomic mass is 16.5. The van der Waals surface area contributed by atoms with E-state index in [1.165, 1.54) is 36.9 Å². The van der Waals surface area contributed by atoms with E-state index >= 15 is 0 Å². The van der Waals surface area contributed by atoms with E-state index in [1.54, 1.807) is 7.11 Å². The Labute approximate surface area is 123 Å². The summed E-state index contributed by atoms with van der Waals surface area (Å²) in [4.78, 5) is 4.68. The summed E-state index contributed by atoms with van der Waals surface area (Å²) in [6.07, 6.45) is 9.32. The summed E-state index contributed by atoms with van der Waals surface area (Å²) in [5.41, 5.74) is 3.72. The Hall–Kier alpha value is -1.09. The molecule has 1 saturated heterocycles. The van der Waals surface area contributed by atoms with E-state index in [2.05, 4.69) is 31.1 Å². The molecule has 1 atom stereocenters. The van der Waals surface area contributed by atoms with Gasteiger partial charge in [-0.15, -0.1) is 0 Å². The van der Waals surface area contributed by atoms with Crippen LogP contribution in [0.15, 0.2) is 6.20 Å². The lowest BCUT2D eigenvalue weighted by Gasteiger charge is -2.33. The summed E-state index contributed by atoms with van der Waals surface area (Å²) < 4.78 is 5.54. The fourth-order valence-electron chi connectivity index (χ4n) is 3.35. The number of hydrogen-bond acceptors (Lipinski definition) is 3. The van der Waals surface area contributed by atoms with E-state index < -0.39 is 0 Å². The van der Waals surface area contributed by atoms with Crippen molar-refractivity contribution in [3.8, 4) is 5.75 Å². The van der Waals surface area contributed by atoms with Crippen LogP contribution in [0.5, 0.6) is 5.75 Å². The van der Waals surface area contributed by atoms with Crippen molar-refractivity contribution in [1.82, 2.24) is 10.3 Å². The van der Waals surface area contributed by atoms with Crippen LogP contribution in [0.1, 0.15) is 55.8 Å². The monoisotopic (exact) mass is 276 g/mol. The molecule has 0 bridgehead atoms. The lowest BCUT2D eigenvalue weighted by Crippen LogP contribution is -2.46. The Kier molecular flexibility index (Phi) is 5.03. The largest absolute Gasteiger partial charge is 0.496 e. The SMILES string of the molecule is CCC1(Cc2ncc(C)c(OC)c2C)CCCCCN1. The first kappa shape index (κ1) is 15.3. The molecule has 0 radical (unpaired) electrons. The van der Waals surface area contributed by atoms with Gasteiger partial charge < -0.3 is 10.1 Å². The summed E-state index contributed by atoms with van der Waals surface area (Å²) in [6.45, 7) is 7.62. The molecular weight excluding hydrogens is 248 g/mol. The first-order valence-corrected chi connectivity index (χ1v) is 7.86. The molecule has 1 aromatic heterocycles. The van der Waals surface area contributed by atoms with Gasteiger partial charge in [0.2, 0.25) is 0 Å². The van der Waals surface area contributed by atoms with Crippen LogP contribution in [0, 0.1) is 13.8 Å². The molecule has 1 aliphatic heterocycles. The molecule has 3 heteroatoms. The zero-order valence-electron chi connectivity index (χ0n) is 13.4. The first-order valence-electron chi connectivity index (χ1n) is 7.86. The Morgan fingerprint density at radius 3 is 2.80 bits per heavy atom. The van der Waals surface area contributed by atoms with Gasteiger partial charge in [0.05, 0.1) is 7.11 Å². The van der Waals surface area contributed by atoms with Crippen molar-refractivity contribution in [1.29, 1.82) is 0 Å². The number of aromatic nitrogens is 1. The van der Waals surface area contributed by atoms with Crippen LogP contribution >= 0.6 is 0 Å². The van der Waals surface area contributed by atoms with Crippen LogP contribution in [0.2, 0.25) is 0 Å². The predicted molar refractivity (Wildman–Crippen MR) is 83.5 cm³/mol. The molecule has 2 rings (SSSR count). The average Bonchev–Trinajstić information content (AvgIpc) is 2.69. The predicted octanol–water partition coefficient (Wildman–Crippen LogP) is 3.56. The van der Waals surface area contributed by atoms with Gasteiger partial charge in [-0.2, -0.15) is 0 Å². The van der Waals surface area contributed by atoms with E-state index in [0.29, 0.717) is 0 Å². The van der Waals surface area contributed by atoms with Crippen LogP contribution in [-0.4, -0.2) is 24.2 Å². The van der Waals surface area contributed by atoms with Crippen molar-refractivity contribution >= 4 is 0 Å². The number of methoxy groups -OCH3 is 1. The number of rotatable bonds is 4.